The fourth-order valence-electron chi connectivity index (χ4n) is 2.95. The third kappa shape index (κ3) is 4.25. The van der Waals surface area contributed by atoms with Crippen LogP contribution in [0.5, 0.6) is 0 Å². The van der Waals surface area contributed by atoms with Crippen LogP contribution in [-0.2, 0) is 16.0 Å². The lowest BCUT2D eigenvalue weighted by molar-refractivity contribution is -0.139. The summed E-state index contributed by atoms with van der Waals surface area (Å²) >= 11 is 0. The van der Waals surface area contributed by atoms with Crippen molar-refractivity contribution in [3.63, 3.8) is 0 Å². The molecule has 0 saturated carbocycles. The minimum atomic E-state index is 0.108. The third-order valence-electron chi connectivity index (χ3n) is 4.54. The fraction of sp³-hybridized carbons (Fsp3) is 0.526. The van der Waals surface area contributed by atoms with Crippen molar-refractivity contribution in [2.24, 2.45) is 0 Å². The second-order valence-corrected chi connectivity index (χ2v) is 6.80. The summed E-state index contributed by atoms with van der Waals surface area (Å²) in [4.78, 5) is 18.6. The Morgan fingerprint density at radius 3 is 2.76 bits per heavy atom. The van der Waals surface area contributed by atoms with E-state index in [2.05, 4.69) is 36.1 Å². The number of hydrogen-bond donors (Lipinski definition) is 0. The SMILES string of the molecule is CC(C)c1ccc(-c2noc(CCC(=O)N3CCOCC3C)n2)cc1. The molecule has 0 N–H and O–H groups in total. The number of hydrogen-bond acceptors (Lipinski definition) is 5. The van der Waals surface area contributed by atoms with Crippen molar-refractivity contribution in [3.05, 3.63) is 35.7 Å². The predicted octanol–water partition coefficient (Wildman–Crippen LogP) is 3.04. The van der Waals surface area contributed by atoms with E-state index in [-0.39, 0.29) is 11.9 Å². The molecule has 1 amide bonds. The highest BCUT2D eigenvalue weighted by molar-refractivity contribution is 5.76. The van der Waals surface area contributed by atoms with Gasteiger partial charge in [-0.15, -0.1) is 0 Å². The van der Waals surface area contributed by atoms with Gasteiger partial charge in [-0.25, -0.2) is 0 Å². The van der Waals surface area contributed by atoms with Crippen molar-refractivity contribution >= 4 is 5.91 Å². The van der Waals surface area contributed by atoms with E-state index in [1.165, 1.54) is 5.56 Å². The van der Waals surface area contributed by atoms with Gasteiger partial charge in [-0.2, -0.15) is 4.98 Å². The number of benzene rings is 1. The maximum absolute atomic E-state index is 12.3. The summed E-state index contributed by atoms with van der Waals surface area (Å²) in [6, 6.07) is 8.30. The van der Waals surface area contributed by atoms with Gasteiger partial charge in [0.2, 0.25) is 17.6 Å². The summed E-state index contributed by atoms with van der Waals surface area (Å²) in [5.41, 5.74) is 2.20. The van der Waals surface area contributed by atoms with E-state index in [1.807, 2.05) is 24.0 Å². The van der Waals surface area contributed by atoms with Gasteiger partial charge in [0.05, 0.1) is 19.3 Å². The van der Waals surface area contributed by atoms with E-state index in [4.69, 9.17) is 9.26 Å². The maximum atomic E-state index is 12.3. The lowest BCUT2D eigenvalue weighted by Gasteiger charge is -2.33. The van der Waals surface area contributed by atoms with Gasteiger partial charge in [-0.05, 0) is 18.4 Å². The summed E-state index contributed by atoms with van der Waals surface area (Å²) in [6.07, 6.45) is 0.832. The number of carbonyl (C=O) groups excluding carboxylic acids is 1. The van der Waals surface area contributed by atoms with Crippen LogP contribution in [0.25, 0.3) is 11.4 Å². The number of ether oxygens (including phenoxy) is 1. The molecule has 0 spiro atoms. The van der Waals surface area contributed by atoms with Gasteiger partial charge in [-0.3, -0.25) is 4.79 Å². The van der Waals surface area contributed by atoms with Gasteiger partial charge in [0.1, 0.15) is 0 Å². The standard InChI is InChI=1S/C19H25N3O3/c1-13(2)15-4-6-16(7-5-15)19-20-17(25-21-19)8-9-18(23)22-10-11-24-12-14(22)3/h4-7,13-14H,8-12H2,1-3H3. The molecule has 0 aliphatic carbocycles. The molecule has 1 saturated heterocycles. The van der Waals surface area contributed by atoms with Crippen LogP contribution in [0.1, 0.15) is 44.6 Å². The first-order chi connectivity index (χ1) is 12.0. The Balaban J connectivity index is 1.59. The molecule has 1 aromatic heterocycles. The molecule has 6 heteroatoms. The van der Waals surface area contributed by atoms with Crippen LogP contribution in [0.15, 0.2) is 28.8 Å². The zero-order chi connectivity index (χ0) is 17.8. The Hall–Kier alpha value is -2.21. The van der Waals surface area contributed by atoms with Crippen LogP contribution in [0.2, 0.25) is 0 Å². The highest BCUT2D eigenvalue weighted by atomic mass is 16.5. The summed E-state index contributed by atoms with van der Waals surface area (Å²) < 4.78 is 10.7. The Bertz CT molecular complexity index is 709. The first-order valence-electron chi connectivity index (χ1n) is 8.84. The molecule has 3 rings (SSSR count). The number of amides is 1. The number of aryl methyl sites for hydroxylation is 1. The molecule has 1 aliphatic heterocycles. The summed E-state index contributed by atoms with van der Waals surface area (Å²) in [6.45, 7) is 8.18. The fourth-order valence-corrected chi connectivity index (χ4v) is 2.95. The second kappa shape index (κ2) is 7.78. The average Bonchev–Trinajstić information content (AvgIpc) is 3.09. The monoisotopic (exact) mass is 343 g/mol. The molecule has 0 radical (unpaired) electrons. The zero-order valence-corrected chi connectivity index (χ0v) is 15.1. The van der Waals surface area contributed by atoms with E-state index in [9.17, 15) is 4.79 Å². The van der Waals surface area contributed by atoms with Crippen LogP contribution >= 0.6 is 0 Å². The topological polar surface area (TPSA) is 68.5 Å². The van der Waals surface area contributed by atoms with E-state index in [1.54, 1.807) is 0 Å². The largest absolute Gasteiger partial charge is 0.377 e. The quantitative estimate of drug-likeness (QED) is 0.835. The van der Waals surface area contributed by atoms with Crippen LogP contribution in [0.3, 0.4) is 0 Å². The molecule has 0 bridgehead atoms. The summed E-state index contributed by atoms with van der Waals surface area (Å²) in [5, 5.41) is 4.04. The molecule has 2 heterocycles. The van der Waals surface area contributed by atoms with Gasteiger partial charge < -0.3 is 14.2 Å². The van der Waals surface area contributed by atoms with Crippen LogP contribution in [0, 0.1) is 0 Å². The van der Waals surface area contributed by atoms with Crippen molar-refractivity contribution in [1.82, 2.24) is 15.0 Å². The molecule has 25 heavy (non-hydrogen) atoms. The van der Waals surface area contributed by atoms with Gasteiger partial charge in [0, 0.05) is 24.9 Å². The van der Waals surface area contributed by atoms with Crippen molar-refractivity contribution in [3.8, 4) is 11.4 Å². The smallest absolute Gasteiger partial charge is 0.227 e. The molecule has 1 aromatic carbocycles. The number of aromatic nitrogens is 2. The summed E-state index contributed by atoms with van der Waals surface area (Å²) in [7, 11) is 0. The highest BCUT2D eigenvalue weighted by Gasteiger charge is 2.23. The van der Waals surface area contributed by atoms with Gasteiger partial charge in [0.25, 0.3) is 0 Å². The molecular formula is C19H25N3O3. The average molecular weight is 343 g/mol. The normalized spacial score (nSPS) is 17.9. The Morgan fingerprint density at radius 2 is 2.08 bits per heavy atom. The maximum Gasteiger partial charge on any atom is 0.227 e. The van der Waals surface area contributed by atoms with Crippen molar-refractivity contribution < 1.29 is 14.1 Å². The van der Waals surface area contributed by atoms with Crippen LogP contribution in [-0.4, -0.2) is 46.7 Å². The Kier molecular flexibility index (Phi) is 5.48. The second-order valence-electron chi connectivity index (χ2n) is 6.80. The van der Waals surface area contributed by atoms with Crippen molar-refractivity contribution in [1.29, 1.82) is 0 Å². The Morgan fingerprint density at radius 1 is 1.32 bits per heavy atom. The number of morpholine rings is 1. The van der Waals surface area contributed by atoms with Gasteiger partial charge in [-0.1, -0.05) is 43.3 Å². The van der Waals surface area contributed by atoms with Crippen LogP contribution < -0.4 is 0 Å². The third-order valence-corrected chi connectivity index (χ3v) is 4.54. The van der Waals surface area contributed by atoms with Gasteiger partial charge >= 0.3 is 0 Å². The minimum Gasteiger partial charge on any atom is -0.377 e. The number of nitrogens with zero attached hydrogens (tertiary/aromatic N) is 3. The molecule has 6 nitrogen and oxygen atoms in total. The van der Waals surface area contributed by atoms with Crippen molar-refractivity contribution in [2.45, 2.75) is 45.6 Å². The Labute approximate surface area is 148 Å². The molecule has 1 aliphatic rings. The van der Waals surface area contributed by atoms with Gasteiger partial charge in [0.15, 0.2) is 0 Å². The zero-order valence-electron chi connectivity index (χ0n) is 15.1. The molecule has 1 fully saturated rings. The molecule has 1 unspecified atom stereocenters. The van der Waals surface area contributed by atoms with Crippen molar-refractivity contribution in [2.75, 3.05) is 19.8 Å². The van der Waals surface area contributed by atoms with E-state index < -0.39 is 0 Å². The highest BCUT2D eigenvalue weighted by Crippen LogP contribution is 2.21. The lowest BCUT2D eigenvalue weighted by atomic mass is 10.0. The number of carbonyl (C=O) groups is 1. The molecule has 2 aromatic rings. The molecule has 134 valence electrons. The van der Waals surface area contributed by atoms with E-state index in [0.29, 0.717) is 50.2 Å². The van der Waals surface area contributed by atoms with E-state index >= 15 is 0 Å². The first-order valence-corrected chi connectivity index (χ1v) is 8.84. The number of rotatable bonds is 5. The van der Waals surface area contributed by atoms with E-state index in [0.717, 1.165) is 5.56 Å². The lowest BCUT2D eigenvalue weighted by Crippen LogP contribution is -2.47. The van der Waals surface area contributed by atoms with Crippen LogP contribution in [0.4, 0.5) is 0 Å². The predicted molar refractivity (Wildman–Crippen MR) is 94.1 cm³/mol. The molecular weight excluding hydrogens is 318 g/mol. The minimum absolute atomic E-state index is 0.108. The molecule has 1 atom stereocenters. The first kappa shape index (κ1) is 17.6. The summed E-state index contributed by atoms with van der Waals surface area (Å²) in [5.74, 6) is 1.66.